The summed E-state index contributed by atoms with van der Waals surface area (Å²) in [5.74, 6) is 0.706. The zero-order valence-electron chi connectivity index (χ0n) is 10.5. The summed E-state index contributed by atoms with van der Waals surface area (Å²) < 4.78 is 12.2. The Labute approximate surface area is 124 Å². The van der Waals surface area contributed by atoms with Crippen LogP contribution in [-0.4, -0.2) is 0 Å². The minimum absolute atomic E-state index is 0.207. The third-order valence-corrected chi connectivity index (χ3v) is 3.75. The predicted molar refractivity (Wildman–Crippen MR) is 79.4 cm³/mol. The summed E-state index contributed by atoms with van der Waals surface area (Å²) in [6.45, 7) is 0.375. The molecule has 0 atom stereocenters. The van der Waals surface area contributed by atoms with Gasteiger partial charge in [-0.3, -0.25) is 0 Å². The van der Waals surface area contributed by atoms with Gasteiger partial charge < -0.3 is 9.15 Å². The fourth-order valence-corrected chi connectivity index (χ4v) is 2.40. The lowest BCUT2D eigenvalue weighted by atomic mass is 10.2. The quantitative estimate of drug-likeness (QED) is 0.703. The van der Waals surface area contributed by atoms with Gasteiger partial charge in [-0.2, -0.15) is 5.26 Å². The Balaban J connectivity index is 1.95. The lowest BCUT2D eigenvalue weighted by Crippen LogP contribution is -1.96. The van der Waals surface area contributed by atoms with Crippen LogP contribution < -0.4 is 4.74 Å². The van der Waals surface area contributed by atoms with E-state index in [1.165, 1.54) is 0 Å². The van der Waals surface area contributed by atoms with E-state index in [2.05, 4.69) is 15.9 Å². The van der Waals surface area contributed by atoms with E-state index in [4.69, 9.17) is 14.4 Å². The number of nitrogens with zero attached hydrogens (tertiary/aromatic N) is 1. The first-order chi connectivity index (χ1) is 9.79. The fraction of sp³-hybridized carbons (Fsp3) is 0.0625. The average Bonchev–Trinajstić information content (AvgIpc) is 2.84. The van der Waals surface area contributed by atoms with E-state index in [0.717, 1.165) is 15.4 Å². The van der Waals surface area contributed by atoms with Crippen molar-refractivity contribution >= 4 is 26.9 Å². The molecule has 0 fully saturated rings. The number of benzene rings is 2. The Morgan fingerprint density at radius 2 is 1.85 bits per heavy atom. The Kier molecular flexibility index (Phi) is 3.44. The van der Waals surface area contributed by atoms with Crippen LogP contribution in [0.15, 0.2) is 57.4 Å². The first kappa shape index (κ1) is 12.8. The molecule has 1 aromatic heterocycles. The second-order valence-corrected chi connectivity index (χ2v) is 5.10. The van der Waals surface area contributed by atoms with Crippen LogP contribution in [0.5, 0.6) is 5.75 Å². The van der Waals surface area contributed by atoms with Crippen LogP contribution in [0.4, 0.5) is 0 Å². The van der Waals surface area contributed by atoms with Gasteiger partial charge >= 0.3 is 0 Å². The Hall–Kier alpha value is -2.25. The topological polar surface area (TPSA) is 46.2 Å². The molecule has 0 amide bonds. The standard InChI is InChI=1S/C16H10BrNO2/c17-13-7-3-1-5-11(13)10-19-16-12-6-2-4-8-14(12)20-15(16)9-18/h1-8H,10H2. The third-order valence-electron chi connectivity index (χ3n) is 2.98. The van der Waals surface area contributed by atoms with E-state index in [9.17, 15) is 0 Å². The molecule has 0 saturated heterocycles. The van der Waals surface area contributed by atoms with Crippen molar-refractivity contribution in [1.82, 2.24) is 0 Å². The SMILES string of the molecule is N#Cc1oc2ccccc2c1OCc1ccccc1Br. The van der Waals surface area contributed by atoms with E-state index in [1.54, 1.807) is 0 Å². The van der Waals surface area contributed by atoms with Crippen LogP contribution in [-0.2, 0) is 6.61 Å². The second-order valence-electron chi connectivity index (χ2n) is 4.25. The van der Waals surface area contributed by atoms with Gasteiger partial charge in [0.1, 0.15) is 18.3 Å². The lowest BCUT2D eigenvalue weighted by Gasteiger charge is -2.06. The Morgan fingerprint density at radius 1 is 1.10 bits per heavy atom. The number of fused-ring (bicyclic) bond motifs is 1. The number of rotatable bonds is 3. The molecule has 2 aromatic carbocycles. The molecule has 1 heterocycles. The molecular formula is C16H10BrNO2. The zero-order chi connectivity index (χ0) is 13.9. The molecule has 0 N–H and O–H groups in total. The number of halogens is 1. The predicted octanol–water partition coefficient (Wildman–Crippen LogP) is 4.65. The summed E-state index contributed by atoms with van der Waals surface area (Å²) >= 11 is 3.48. The van der Waals surface area contributed by atoms with Crippen LogP contribution in [0.25, 0.3) is 11.0 Å². The van der Waals surface area contributed by atoms with Gasteiger partial charge in [-0.1, -0.05) is 46.3 Å². The molecule has 4 heteroatoms. The third kappa shape index (κ3) is 2.28. The van der Waals surface area contributed by atoms with Gasteiger partial charge in [-0.05, 0) is 18.2 Å². The fourth-order valence-electron chi connectivity index (χ4n) is 2.00. The molecule has 20 heavy (non-hydrogen) atoms. The zero-order valence-corrected chi connectivity index (χ0v) is 12.1. The molecule has 0 spiro atoms. The van der Waals surface area contributed by atoms with Gasteiger partial charge in [-0.25, -0.2) is 0 Å². The summed E-state index contributed by atoms with van der Waals surface area (Å²) in [5, 5.41) is 9.95. The highest BCUT2D eigenvalue weighted by molar-refractivity contribution is 9.10. The maximum atomic E-state index is 9.14. The lowest BCUT2D eigenvalue weighted by molar-refractivity contribution is 0.303. The van der Waals surface area contributed by atoms with Gasteiger partial charge in [0.2, 0.25) is 5.76 Å². The van der Waals surface area contributed by atoms with Crippen molar-refractivity contribution in [2.75, 3.05) is 0 Å². The van der Waals surface area contributed by atoms with Crippen molar-refractivity contribution < 1.29 is 9.15 Å². The molecule has 98 valence electrons. The highest BCUT2D eigenvalue weighted by Gasteiger charge is 2.15. The van der Waals surface area contributed by atoms with Gasteiger partial charge in [0.15, 0.2) is 5.75 Å². The largest absolute Gasteiger partial charge is 0.483 e. The summed E-state index contributed by atoms with van der Waals surface area (Å²) in [6.07, 6.45) is 0. The number of nitriles is 1. The molecular weight excluding hydrogens is 318 g/mol. The highest BCUT2D eigenvalue weighted by Crippen LogP contribution is 2.33. The van der Waals surface area contributed by atoms with Gasteiger partial charge in [-0.15, -0.1) is 0 Å². The second kappa shape index (κ2) is 5.40. The van der Waals surface area contributed by atoms with E-state index in [-0.39, 0.29) is 5.76 Å². The first-order valence-electron chi connectivity index (χ1n) is 6.07. The number of ether oxygens (including phenoxy) is 1. The maximum absolute atomic E-state index is 9.14. The number of hydrogen-bond acceptors (Lipinski definition) is 3. The molecule has 0 bridgehead atoms. The van der Waals surface area contributed by atoms with Crippen molar-refractivity contribution in [2.24, 2.45) is 0 Å². The van der Waals surface area contributed by atoms with Gasteiger partial charge in [0.05, 0.1) is 5.39 Å². The smallest absolute Gasteiger partial charge is 0.246 e. The minimum atomic E-state index is 0.207. The Bertz CT molecular complexity index is 802. The minimum Gasteiger partial charge on any atom is -0.483 e. The van der Waals surface area contributed by atoms with Crippen LogP contribution in [0, 0.1) is 11.3 Å². The van der Waals surface area contributed by atoms with Crippen LogP contribution in [0.1, 0.15) is 11.3 Å². The molecule has 3 nitrogen and oxygen atoms in total. The van der Waals surface area contributed by atoms with E-state index < -0.39 is 0 Å². The maximum Gasteiger partial charge on any atom is 0.246 e. The van der Waals surface area contributed by atoms with E-state index in [1.807, 2.05) is 54.6 Å². The Morgan fingerprint density at radius 3 is 2.65 bits per heavy atom. The van der Waals surface area contributed by atoms with Crippen molar-refractivity contribution in [2.45, 2.75) is 6.61 Å². The van der Waals surface area contributed by atoms with Crippen LogP contribution in [0.3, 0.4) is 0 Å². The normalized spacial score (nSPS) is 10.4. The van der Waals surface area contributed by atoms with E-state index >= 15 is 0 Å². The monoisotopic (exact) mass is 327 g/mol. The highest BCUT2D eigenvalue weighted by atomic mass is 79.9. The molecule has 0 aliphatic rings. The molecule has 0 aliphatic carbocycles. The van der Waals surface area contributed by atoms with E-state index in [0.29, 0.717) is 17.9 Å². The van der Waals surface area contributed by atoms with Crippen molar-refractivity contribution in [3.8, 4) is 11.8 Å². The van der Waals surface area contributed by atoms with Crippen LogP contribution in [0.2, 0.25) is 0 Å². The summed E-state index contributed by atoms with van der Waals surface area (Å²) in [5.41, 5.74) is 1.67. The molecule has 3 aromatic rings. The number of hydrogen-bond donors (Lipinski definition) is 0. The molecule has 0 radical (unpaired) electrons. The number of furan rings is 1. The first-order valence-corrected chi connectivity index (χ1v) is 6.86. The number of para-hydroxylation sites is 1. The average molecular weight is 328 g/mol. The molecule has 0 aliphatic heterocycles. The van der Waals surface area contributed by atoms with Crippen molar-refractivity contribution in [3.63, 3.8) is 0 Å². The summed E-state index contributed by atoms with van der Waals surface area (Å²) in [4.78, 5) is 0. The van der Waals surface area contributed by atoms with Crippen LogP contribution >= 0.6 is 15.9 Å². The van der Waals surface area contributed by atoms with Crippen molar-refractivity contribution in [3.05, 3.63) is 64.3 Å². The van der Waals surface area contributed by atoms with Gasteiger partial charge in [0, 0.05) is 10.0 Å². The van der Waals surface area contributed by atoms with Crippen molar-refractivity contribution in [1.29, 1.82) is 5.26 Å². The summed E-state index contributed by atoms with van der Waals surface area (Å²) in [6, 6.07) is 17.3. The molecule has 0 unspecified atom stereocenters. The summed E-state index contributed by atoms with van der Waals surface area (Å²) in [7, 11) is 0. The molecule has 0 saturated carbocycles. The molecule has 3 rings (SSSR count). The van der Waals surface area contributed by atoms with Gasteiger partial charge in [0.25, 0.3) is 0 Å².